The van der Waals surface area contributed by atoms with E-state index < -0.39 is 0 Å². The lowest BCUT2D eigenvalue weighted by Crippen LogP contribution is -2.43. The van der Waals surface area contributed by atoms with Crippen LogP contribution in [0, 0.1) is 0 Å². The Hall–Kier alpha value is -1.66. The molecule has 2 fully saturated rings. The van der Waals surface area contributed by atoms with E-state index in [0.717, 1.165) is 57.2 Å². The minimum Gasteiger partial charge on any atom is -0.369 e. The Labute approximate surface area is 118 Å². The summed E-state index contributed by atoms with van der Waals surface area (Å²) in [5.74, 6) is 1.59. The van der Waals surface area contributed by atoms with Gasteiger partial charge in [0.05, 0.1) is 0 Å². The van der Waals surface area contributed by atoms with Crippen molar-refractivity contribution >= 4 is 11.3 Å². The van der Waals surface area contributed by atoms with Crippen LogP contribution in [-0.4, -0.2) is 53.9 Å². The number of hydrogen-bond acceptors (Lipinski definition) is 5. The minimum atomic E-state index is 0.495. The summed E-state index contributed by atoms with van der Waals surface area (Å²) in [7, 11) is 0. The van der Waals surface area contributed by atoms with Crippen LogP contribution in [0.1, 0.15) is 18.2 Å². The molecule has 1 atom stereocenters. The van der Waals surface area contributed by atoms with Gasteiger partial charge in [-0.3, -0.25) is 4.40 Å². The summed E-state index contributed by atoms with van der Waals surface area (Å²) in [6.45, 7) is 6.32. The second kappa shape index (κ2) is 5.03. The predicted octanol–water partition coefficient (Wildman–Crippen LogP) is 0.216. The van der Waals surface area contributed by atoms with E-state index >= 15 is 0 Å². The zero-order valence-corrected chi connectivity index (χ0v) is 11.5. The van der Waals surface area contributed by atoms with Gasteiger partial charge in [0, 0.05) is 56.6 Å². The molecule has 2 saturated heterocycles. The number of hydrogen-bond donors (Lipinski definition) is 2. The molecule has 2 aliphatic rings. The molecular weight excluding hydrogens is 252 g/mol. The fourth-order valence-corrected chi connectivity index (χ4v) is 3.17. The number of nitrogens with one attached hydrogen (secondary N) is 2. The molecule has 106 valence electrons. The lowest BCUT2D eigenvalue weighted by Gasteiger charge is -2.29. The first-order valence-corrected chi connectivity index (χ1v) is 7.43. The fourth-order valence-electron chi connectivity index (χ4n) is 3.17. The van der Waals surface area contributed by atoms with Crippen LogP contribution < -0.4 is 15.5 Å². The van der Waals surface area contributed by atoms with Gasteiger partial charge in [-0.15, -0.1) is 10.2 Å². The molecule has 0 saturated carbocycles. The Kier molecular flexibility index (Phi) is 3.05. The molecular formula is C14H20N6. The number of nitrogens with zero attached hydrogens (tertiary/aromatic N) is 4. The molecule has 2 aliphatic heterocycles. The molecule has 1 unspecified atom stereocenters. The van der Waals surface area contributed by atoms with Gasteiger partial charge in [0.2, 0.25) is 0 Å². The normalized spacial score (nSPS) is 23.6. The maximum Gasteiger partial charge on any atom is 0.162 e. The summed E-state index contributed by atoms with van der Waals surface area (Å²) in [5.41, 5.74) is 2.21. The fraction of sp³-hybridized carbons (Fsp3) is 0.571. The van der Waals surface area contributed by atoms with Crippen LogP contribution >= 0.6 is 0 Å². The number of anilines is 1. The molecule has 4 rings (SSSR count). The first-order chi connectivity index (χ1) is 9.92. The Balaban J connectivity index is 1.66. The third-order valence-corrected chi connectivity index (χ3v) is 4.33. The van der Waals surface area contributed by atoms with Crippen LogP contribution in [0.5, 0.6) is 0 Å². The Bertz CT molecular complexity index is 595. The number of piperazine rings is 1. The Morgan fingerprint density at radius 2 is 2.00 bits per heavy atom. The smallest absolute Gasteiger partial charge is 0.162 e. The summed E-state index contributed by atoms with van der Waals surface area (Å²) in [4.78, 5) is 2.40. The Morgan fingerprint density at radius 3 is 2.80 bits per heavy atom. The van der Waals surface area contributed by atoms with Gasteiger partial charge in [-0.05, 0) is 19.0 Å². The monoisotopic (exact) mass is 272 g/mol. The van der Waals surface area contributed by atoms with Crippen LogP contribution in [0.4, 0.5) is 5.69 Å². The van der Waals surface area contributed by atoms with Crippen molar-refractivity contribution in [2.24, 2.45) is 0 Å². The average molecular weight is 272 g/mol. The molecule has 0 amide bonds. The van der Waals surface area contributed by atoms with E-state index in [1.165, 1.54) is 5.69 Å². The maximum atomic E-state index is 4.41. The van der Waals surface area contributed by atoms with Gasteiger partial charge >= 0.3 is 0 Å². The summed E-state index contributed by atoms with van der Waals surface area (Å²) in [6, 6.07) is 4.35. The molecule has 0 bridgehead atoms. The highest BCUT2D eigenvalue weighted by Gasteiger charge is 2.22. The van der Waals surface area contributed by atoms with Gasteiger partial charge in [-0.25, -0.2) is 0 Å². The summed E-state index contributed by atoms with van der Waals surface area (Å²) in [6.07, 6.45) is 3.28. The molecule has 6 nitrogen and oxygen atoms in total. The van der Waals surface area contributed by atoms with E-state index in [2.05, 4.69) is 48.5 Å². The SMILES string of the molecule is c1cn2c(C3CCNC3)nnc2cc1N1CCNCC1. The lowest BCUT2D eigenvalue weighted by atomic mass is 10.1. The molecule has 2 N–H and O–H groups in total. The molecule has 0 spiro atoms. The summed E-state index contributed by atoms with van der Waals surface area (Å²) >= 11 is 0. The van der Waals surface area contributed by atoms with Crippen LogP contribution in [-0.2, 0) is 0 Å². The van der Waals surface area contributed by atoms with E-state index in [9.17, 15) is 0 Å². The third kappa shape index (κ3) is 2.05. The molecule has 20 heavy (non-hydrogen) atoms. The minimum absolute atomic E-state index is 0.495. The number of rotatable bonds is 2. The number of fused-ring (bicyclic) bond motifs is 1. The number of aromatic nitrogens is 3. The van der Waals surface area contributed by atoms with Crippen LogP contribution in [0.2, 0.25) is 0 Å². The van der Waals surface area contributed by atoms with Gasteiger partial charge in [-0.1, -0.05) is 0 Å². The highest BCUT2D eigenvalue weighted by atomic mass is 15.3. The molecule has 6 heteroatoms. The van der Waals surface area contributed by atoms with Gasteiger partial charge in [-0.2, -0.15) is 0 Å². The predicted molar refractivity (Wildman–Crippen MR) is 78.3 cm³/mol. The summed E-state index contributed by atoms with van der Waals surface area (Å²) in [5, 5.41) is 15.5. The molecule has 2 aromatic rings. The zero-order chi connectivity index (χ0) is 13.4. The highest BCUT2D eigenvalue weighted by Crippen LogP contribution is 2.23. The third-order valence-electron chi connectivity index (χ3n) is 4.33. The van der Waals surface area contributed by atoms with E-state index in [4.69, 9.17) is 0 Å². The van der Waals surface area contributed by atoms with Crippen molar-refractivity contribution in [3.8, 4) is 0 Å². The van der Waals surface area contributed by atoms with E-state index in [1.54, 1.807) is 0 Å². The first-order valence-electron chi connectivity index (χ1n) is 7.43. The quantitative estimate of drug-likeness (QED) is 0.819. The first kappa shape index (κ1) is 12.1. The van der Waals surface area contributed by atoms with Gasteiger partial charge < -0.3 is 15.5 Å². The lowest BCUT2D eigenvalue weighted by molar-refractivity contribution is 0.589. The van der Waals surface area contributed by atoms with Crippen molar-refractivity contribution in [1.29, 1.82) is 0 Å². The number of pyridine rings is 1. The van der Waals surface area contributed by atoms with Crippen molar-refractivity contribution in [2.45, 2.75) is 12.3 Å². The van der Waals surface area contributed by atoms with Gasteiger partial charge in [0.15, 0.2) is 5.65 Å². The van der Waals surface area contributed by atoms with E-state index in [1.807, 2.05) is 0 Å². The van der Waals surface area contributed by atoms with Gasteiger partial charge in [0.1, 0.15) is 5.82 Å². The van der Waals surface area contributed by atoms with Crippen molar-refractivity contribution in [1.82, 2.24) is 25.2 Å². The molecule has 0 aliphatic carbocycles. The maximum absolute atomic E-state index is 4.41. The van der Waals surface area contributed by atoms with E-state index in [-0.39, 0.29) is 0 Å². The average Bonchev–Trinajstić information content (AvgIpc) is 3.16. The van der Waals surface area contributed by atoms with Crippen LogP contribution in [0.15, 0.2) is 18.3 Å². The standard InChI is InChI=1S/C14H20N6/c1-3-16-10-11(1)14-18-17-13-9-12(2-6-20(13)14)19-7-4-15-5-8-19/h2,6,9,11,15-16H,1,3-5,7-8,10H2. The Morgan fingerprint density at radius 1 is 1.10 bits per heavy atom. The van der Waals surface area contributed by atoms with Crippen LogP contribution in [0.25, 0.3) is 5.65 Å². The van der Waals surface area contributed by atoms with E-state index in [0.29, 0.717) is 5.92 Å². The highest BCUT2D eigenvalue weighted by molar-refractivity contribution is 5.56. The van der Waals surface area contributed by atoms with Gasteiger partial charge in [0.25, 0.3) is 0 Å². The second-order valence-electron chi connectivity index (χ2n) is 5.60. The van der Waals surface area contributed by atoms with Crippen LogP contribution in [0.3, 0.4) is 0 Å². The summed E-state index contributed by atoms with van der Waals surface area (Å²) < 4.78 is 2.14. The molecule has 0 radical (unpaired) electrons. The van der Waals surface area contributed by atoms with Crippen molar-refractivity contribution < 1.29 is 0 Å². The molecule has 0 aromatic carbocycles. The molecule has 2 aromatic heterocycles. The largest absolute Gasteiger partial charge is 0.369 e. The van der Waals surface area contributed by atoms with Crippen molar-refractivity contribution in [2.75, 3.05) is 44.2 Å². The van der Waals surface area contributed by atoms with Crippen molar-refractivity contribution in [3.63, 3.8) is 0 Å². The molecule has 4 heterocycles. The topological polar surface area (TPSA) is 57.5 Å². The zero-order valence-electron chi connectivity index (χ0n) is 11.5. The second-order valence-corrected chi connectivity index (χ2v) is 5.60. The van der Waals surface area contributed by atoms with Crippen molar-refractivity contribution in [3.05, 3.63) is 24.2 Å².